The number of hydrogen-bond donors (Lipinski definition) is 0. The van der Waals surface area contributed by atoms with Gasteiger partial charge in [0.25, 0.3) is 0 Å². The molecular weight excluding hydrogens is 835 g/mol. The second kappa shape index (κ2) is 14.4. The molecule has 0 aliphatic heterocycles. The van der Waals surface area contributed by atoms with Crippen molar-refractivity contribution in [3.8, 4) is 0 Å². The minimum atomic E-state index is -5.46. The third-order valence-electron chi connectivity index (χ3n) is 19.0. The molecule has 3 aromatic carbocycles. The molecule has 0 spiro atoms. The molecule has 0 amide bonds. The van der Waals surface area contributed by atoms with E-state index in [4.69, 9.17) is 4.21 Å². The average molecular weight is 909 g/mol. The fourth-order valence-corrected chi connectivity index (χ4v) is 35.9. The Balaban J connectivity index is 0.00000293. The van der Waals surface area contributed by atoms with Crippen molar-refractivity contribution in [2.45, 2.75) is 126 Å². The van der Waals surface area contributed by atoms with Gasteiger partial charge in [-0.2, -0.15) is 0 Å². The standard InChI is InChI=1S/C29H37.C12H19.2C7H7.CH2.2ClH.Zr/c1-18-25-22-17-19-13-9-10-14-20(19)24(22)21-15-11-12-16-23(21)29(25,8)28(6,7)27(4,5)26(18,2)3;1-9(2)10-6-7-11(8-10)12(3,4)5;2*1-7-5-3-2-4-6-7;;;;/h9-11,13-15,23H,12,16-17H2,1-8H3;7-10H,1-5H3;2*3-6H,1H3;1H2;2*1H;. The molecule has 5 aliphatic carbocycles. The van der Waals surface area contributed by atoms with Crippen molar-refractivity contribution in [1.29, 1.82) is 0 Å². The first-order valence-electron chi connectivity index (χ1n) is 22.3. The van der Waals surface area contributed by atoms with E-state index >= 15 is 0 Å². The van der Waals surface area contributed by atoms with Crippen LogP contribution in [0.25, 0.3) is 5.57 Å². The van der Waals surface area contributed by atoms with Crippen molar-refractivity contribution in [2.75, 3.05) is 0 Å². The van der Waals surface area contributed by atoms with Gasteiger partial charge in [0.15, 0.2) is 0 Å². The van der Waals surface area contributed by atoms with Gasteiger partial charge in [-0.3, -0.25) is 0 Å². The van der Waals surface area contributed by atoms with E-state index in [1.165, 1.54) is 40.8 Å². The Morgan fingerprint density at radius 2 is 1.27 bits per heavy atom. The average Bonchev–Trinajstić information content (AvgIpc) is 3.79. The van der Waals surface area contributed by atoms with Gasteiger partial charge in [0, 0.05) is 0 Å². The van der Waals surface area contributed by atoms with E-state index in [1.54, 1.807) is 25.6 Å². The van der Waals surface area contributed by atoms with E-state index in [-0.39, 0.29) is 55.0 Å². The SMILES string of the molecule is Cl.Cl.[CH2]=[Zr]([C]1=CC(C(C)(C)C)=CC1C(C)C)([c]1ccc(C)cc1)([c]1ccc(C)cc1)[C]1(C)C2=C3Cc4ccccc4C3=C3C=CCCC3C2(C)C(C)(C)C(C)(C)C1(C)C. The van der Waals surface area contributed by atoms with Gasteiger partial charge < -0.3 is 0 Å². The van der Waals surface area contributed by atoms with Gasteiger partial charge in [-0.05, 0) is 0 Å². The molecule has 4 atom stereocenters. The van der Waals surface area contributed by atoms with E-state index in [0.717, 1.165) is 12.8 Å². The minimum absolute atomic E-state index is 0. The summed E-state index contributed by atoms with van der Waals surface area (Å²) in [5.41, 5.74) is 13.2. The van der Waals surface area contributed by atoms with Crippen molar-refractivity contribution in [3.63, 3.8) is 0 Å². The van der Waals surface area contributed by atoms with Crippen molar-refractivity contribution in [2.24, 2.45) is 44.8 Å². The zero-order valence-corrected chi connectivity index (χ0v) is 43.2. The Labute approximate surface area is 372 Å². The Bertz CT molecular complexity index is 2360. The van der Waals surface area contributed by atoms with Gasteiger partial charge in [-0.25, -0.2) is 0 Å². The van der Waals surface area contributed by atoms with E-state index in [1.807, 2.05) is 0 Å². The molecule has 0 bridgehead atoms. The Hall–Kier alpha value is -2.31. The maximum atomic E-state index is 6.37. The monoisotopic (exact) mass is 906 g/mol. The van der Waals surface area contributed by atoms with Crippen LogP contribution >= 0.6 is 24.8 Å². The van der Waals surface area contributed by atoms with Crippen LogP contribution in [-0.2, 0) is 24.7 Å². The van der Waals surface area contributed by atoms with Gasteiger partial charge in [-0.1, -0.05) is 0 Å². The zero-order chi connectivity index (χ0) is 41.5. The van der Waals surface area contributed by atoms with Gasteiger partial charge in [0.1, 0.15) is 0 Å². The summed E-state index contributed by atoms with van der Waals surface area (Å²) in [6.07, 6.45) is 13.8. The normalized spacial score (nSPS) is 27.8. The summed E-state index contributed by atoms with van der Waals surface area (Å²) in [6, 6.07) is 29.4. The molecule has 0 aromatic heterocycles. The van der Waals surface area contributed by atoms with Crippen LogP contribution in [0, 0.1) is 58.7 Å². The number of hydrogen-bond acceptors (Lipinski definition) is 0. The molecule has 0 nitrogen and oxygen atoms in total. The fourth-order valence-electron chi connectivity index (χ4n) is 14.2. The van der Waals surface area contributed by atoms with Crippen LogP contribution in [0.1, 0.15) is 125 Å². The number of halogens is 2. The van der Waals surface area contributed by atoms with Gasteiger partial charge >= 0.3 is 351 Å². The van der Waals surface area contributed by atoms with E-state index < -0.39 is 18.3 Å². The first kappa shape index (κ1) is 46.2. The Kier molecular flexibility index (Phi) is 11.2. The maximum absolute atomic E-state index is 6.37. The van der Waals surface area contributed by atoms with Gasteiger partial charge in [0.05, 0.1) is 0 Å². The van der Waals surface area contributed by atoms with Crippen molar-refractivity contribution < 1.29 is 18.3 Å². The fraction of sp³-hybridized carbons (Fsp3) is 0.482. The molecule has 8 rings (SSSR count). The van der Waals surface area contributed by atoms with Crippen LogP contribution in [-0.4, -0.2) is 4.21 Å². The number of rotatable bonds is 5. The predicted octanol–water partition coefficient (Wildman–Crippen LogP) is 14.9. The molecule has 59 heavy (non-hydrogen) atoms. The first-order chi connectivity index (χ1) is 26.4. The summed E-state index contributed by atoms with van der Waals surface area (Å²) >= 11 is -5.46. The summed E-state index contributed by atoms with van der Waals surface area (Å²) in [7, 11) is 0. The van der Waals surface area contributed by atoms with Gasteiger partial charge in [-0.15, -0.1) is 24.8 Å². The second-order valence-corrected chi connectivity index (χ2v) is 36.6. The number of fused-ring (bicyclic) bond motifs is 6. The van der Waals surface area contributed by atoms with Crippen molar-refractivity contribution in [3.05, 3.63) is 145 Å². The second-order valence-electron chi connectivity index (χ2n) is 22.7. The molecule has 1 fully saturated rings. The van der Waals surface area contributed by atoms with Crippen LogP contribution in [0.15, 0.2) is 123 Å². The van der Waals surface area contributed by atoms with Crippen LogP contribution in [0.4, 0.5) is 0 Å². The van der Waals surface area contributed by atoms with Crippen LogP contribution in [0.5, 0.6) is 0 Å². The molecule has 4 unspecified atom stereocenters. The third kappa shape index (κ3) is 5.45. The topological polar surface area (TPSA) is 0 Å². The molecule has 0 saturated heterocycles. The van der Waals surface area contributed by atoms with Crippen molar-refractivity contribution >= 4 is 41.1 Å². The van der Waals surface area contributed by atoms with E-state index in [0.29, 0.717) is 17.8 Å². The molecular formula is C56H74Cl2Zr. The molecule has 0 N–H and O–H groups in total. The summed E-state index contributed by atoms with van der Waals surface area (Å²) < 4.78 is 10.7. The number of allylic oxidation sites excluding steroid dienone is 10. The molecule has 3 aromatic rings. The molecule has 3 heteroatoms. The predicted molar refractivity (Wildman–Crippen MR) is 261 cm³/mol. The summed E-state index contributed by atoms with van der Waals surface area (Å²) in [6.45, 7) is 38.5. The number of aryl methyl sites for hydroxylation is 2. The summed E-state index contributed by atoms with van der Waals surface area (Å²) in [5.74, 6) is 1.13. The molecule has 5 aliphatic rings. The quantitative estimate of drug-likeness (QED) is 0.239. The zero-order valence-electron chi connectivity index (χ0n) is 39.1. The third-order valence-corrected chi connectivity index (χ3v) is 38.7. The van der Waals surface area contributed by atoms with Crippen LogP contribution in [0.2, 0.25) is 3.12 Å². The first-order valence-corrected chi connectivity index (χ1v) is 28.9. The van der Waals surface area contributed by atoms with Crippen molar-refractivity contribution in [1.82, 2.24) is 0 Å². The molecule has 0 radical (unpaired) electrons. The van der Waals surface area contributed by atoms with E-state index in [9.17, 15) is 0 Å². The summed E-state index contributed by atoms with van der Waals surface area (Å²) in [4.78, 5) is 0. The molecule has 1 saturated carbocycles. The van der Waals surface area contributed by atoms with E-state index in [2.05, 4.69) is 201 Å². The van der Waals surface area contributed by atoms with Crippen LogP contribution in [0.3, 0.4) is 0 Å². The Morgan fingerprint density at radius 3 is 1.80 bits per heavy atom. The molecule has 0 heterocycles. The molecule has 316 valence electrons. The summed E-state index contributed by atoms with van der Waals surface area (Å²) in [5, 5.41) is 0. The van der Waals surface area contributed by atoms with Gasteiger partial charge in [0.2, 0.25) is 0 Å². The van der Waals surface area contributed by atoms with Crippen LogP contribution < -0.4 is 6.54 Å². The number of benzene rings is 3. The Morgan fingerprint density at radius 1 is 0.729 bits per heavy atom.